The summed E-state index contributed by atoms with van der Waals surface area (Å²) in [6.07, 6.45) is 4.54. The zero-order valence-corrected chi connectivity index (χ0v) is 29.6. The monoisotopic (exact) mass is 683 g/mol. The number of benzene rings is 3. The molecule has 12 nitrogen and oxygen atoms in total. The summed E-state index contributed by atoms with van der Waals surface area (Å²) in [6.45, 7) is 6.46. The largest absolute Gasteiger partial charge is 0.495 e. The lowest BCUT2D eigenvalue weighted by atomic mass is 10.1. The van der Waals surface area contributed by atoms with Crippen LogP contribution in [0.2, 0.25) is 0 Å². The van der Waals surface area contributed by atoms with E-state index in [2.05, 4.69) is 27.2 Å². The second-order valence-electron chi connectivity index (χ2n) is 12.8. The number of para-hydroxylation sites is 1. The molecule has 0 saturated carbocycles. The standard InChI is InChI=1S/C38H49N7O5/c1-26-14-17-31(33(24-26)50-23-7-5-6-13-35(46)45-21-19-43(2)20-22-45)44(3)38(48)27-15-16-29(32(25-27)49-4)41-37(47)28-10-8-11-30-36(28)42-34(40-30)12-9-18-39/h8,10-11,14-17,24-25H,5-7,9,12-13,18-23,39H2,1-4H3,(H,40,42)(H,41,47). The normalized spacial score (nSPS) is 13.3. The number of nitrogens with zero attached hydrogens (tertiary/aromatic N) is 4. The van der Waals surface area contributed by atoms with E-state index in [1.807, 2.05) is 36.1 Å². The van der Waals surface area contributed by atoms with Gasteiger partial charge in [0.2, 0.25) is 5.91 Å². The zero-order chi connectivity index (χ0) is 35.6. The van der Waals surface area contributed by atoms with Crippen molar-refractivity contribution in [1.82, 2.24) is 19.8 Å². The Balaban J connectivity index is 1.19. The molecule has 3 aromatic carbocycles. The molecule has 5 rings (SSSR count). The number of hydrogen-bond acceptors (Lipinski definition) is 8. The molecule has 4 aromatic rings. The molecule has 1 aromatic heterocycles. The lowest BCUT2D eigenvalue weighted by Crippen LogP contribution is -2.47. The highest BCUT2D eigenvalue weighted by molar-refractivity contribution is 6.12. The van der Waals surface area contributed by atoms with Crippen LogP contribution in [0.4, 0.5) is 11.4 Å². The van der Waals surface area contributed by atoms with Crippen LogP contribution in [0.25, 0.3) is 11.0 Å². The van der Waals surface area contributed by atoms with Gasteiger partial charge in [-0.3, -0.25) is 14.4 Å². The van der Waals surface area contributed by atoms with Gasteiger partial charge >= 0.3 is 0 Å². The van der Waals surface area contributed by atoms with E-state index in [9.17, 15) is 14.4 Å². The highest BCUT2D eigenvalue weighted by Gasteiger charge is 2.22. The van der Waals surface area contributed by atoms with Gasteiger partial charge in [0.1, 0.15) is 22.8 Å². The van der Waals surface area contributed by atoms with Gasteiger partial charge in [-0.1, -0.05) is 12.1 Å². The molecule has 0 atom stereocenters. The second-order valence-corrected chi connectivity index (χ2v) is 12.8. The first-order valence-electron chi connectivity index (χ1n) is 17.3. The molecule has 1 saturated heterocycles. The average molecular weight is 684 g/mol. The molecule has 4 N–H and O–H groups in total. The molecule has 2 heterocycles. The van der Waals surface area contributed by atoms with Crippen LogP contribution < -0.4 is 25.4 Å². The summed E-state index contributed by atoms with van der Waals surface area (Å²) in [4.78, 5) is 53.3. The van der Waals surface area contributed by atoms with Crippen LogP contribution in [-0.2, 0) is 11.2 Å². The number of methoxy groups -OCH3 is 1. The SMILES string of the molecule is COc1cc(C(=O)N(C)c2ccc(C)cc2OCCCCCC(=O)N2CCN(C)CC2)ccc1NC(=O)c1cccc2[nH]c(CCCN)nc12. The van der Waals surface area contributed by atoms with Crippen molar-refractivity contribution in [2.75, 3.05) is 70.8 Å². The molecule has 1 fully saturated rings. The highest BCUT2D eigenvalue weighted by Crippen LogP contribution is 2.32. The number of carbonyl (C=O) groups excluding carboxylic acids is 3. The summed E-state index contributed by atoms with van der Waals surface area (Å²) in [6, 6.07) is 16.1. The van der Waals surface area contributed by atoms with E-state index in [0.29, 0.717) is 65.5 Å². The van der Waals surface area contributed by atoms with Gasteiger partial charge in [-0.05, 0) is 94.2 Å². The molecule has 0 spiro atoms. The van der Waals surface area contributed by atoms with E-state index in [4.69, 9.17) is 15.2 Å². The van der Waals surface area contributed by atoms with Crippen molar-refractivity contribution in [1.29, 1.82) is 0 Å². The Morgan fingerprint density at radius 3 is 2.54 bits per heavy atom. The Morgan fingerprint density at radius 2 is 1.78 bits per heavy atom. The van der Waals surface area contributed by atoms with E-state index in [-0.39, 0.29) is 17.7 Å². The third-order valence-corrected chi connectivity index (χ3v) is 9.05. The number of nitrogens with two attached hydrogens (primary N) is 1. The number of hydrogen-bond donors (Lipinski definition) is 3. The number of aromatic amines is 1. The summed E-state index contributed by atoms with van der Waals surface area (Å²) in [5.41, 5.74) is 9.89. The molecule has 12 heteroatoms. The maximum atomic E-state index is 13.7. The van der Waals surface area contributed by atoms with E-state index in [1.54, 1.807) is 42.3 Å². The van der Waals surface area contributed by atoms with Crippen LogP contribution in [0.5, 0.6) is 11.5 Å². The van der Waals surface area contributed by atoms with Gasteiger partial charge in [-0.25, -0.2) is 4.98 Å². The fourth-order valence-electron chi connectivity index (χ4n) is 6.04. The Labute approximate surface area is 293 Å². The van der Waals surface area contributed by atoms with E-state index in [1.165, 1.54) is 7.11 Å². The number of fused-ring (bicyclic) bond motifs is 1. The first-order valence-corrected chi connectivity index (χ1v) is 17.3. The number of ether oxygens (including phenoxy) is 2. The van der Waals surface area contributed by atoms with Crippen molar-refractivity contribution < 1.29 is 23.9 Å². The zero-order valence-electron chi connectivity index (χ0n) is 29.6. The molecule has 1 aliphatic rings. The van der Waals surface area contributed by atoms with Crippen molar-refractivity contribution in [3.8, 4) is 11.5 Å². The summed E-state index contributed by atoms with van der Waals surface area (Å²) in [5, 5.41) is 2.92. The molecule has 50 heavy (non-hydrogen) atoms. The number of imidazole rings is 1. The van der Waals surface area contributed by atoms with Crippen LogP contribution in [0, 0.1) is 6.92 Å². The van der Waals surface area contributed by atoms with Crippen LogP contribution >= 0.6 is 0 Å². The van der Waals surface area contributed by atoms with Crippen LogP contribution in [-0.4, -0.2) is 98.0 Å². The first kappa shape index (κ1) is 36.3. The van der Waals surface area contributed by atoms with Crippen molar-refractivity contribution in [2.45, 2.75) is 45.4 Å². The Morgan fingerprint density at radius 1 is 0.980 bits per heavy atom. The number of aryl methyl sites for hydroxylation is 2. The quantitative estimate of drug-likeness (QED) is 0.148. The van der Waals surface area contributed by atoms with Crippen molar-refractivity contribution in [3.05, 3.63) is 77.1 Å². The lowest BCUT2D eigenvalue weighted by molar-refractivity contribution is -0.132. The van der Waals surface area contributed by atoms with Crippen molar-refractivity contribution >= 4 is 40.1 Å². The number of H-pyrrole nitrogens is 1. The molecule has 0 unspecified atom stereocenters. The number of carbonyl (C=O) groups is 3. The predicted molar refractivity (Wildman–Crippen MR) is 196 cm³/mol. The second kappa shape index (κ2) is 17.1. The molecule has 0 aliphatic carbocycles. The molecular weight excluding hydrogens is 634 g/mol. The molecule has 3 amide bonds. The average Bonchev–Trinajstić information content (AvgIpc) is 3.55. The Kier molecular flexibility index (Phi) is 12.5. The van der Waals surface area contributed by atoms with Crippen LogP contribution in [0.15, 0.2) is 54.6 Å². The Hall–Kier alpha value is -4.94. The van der Waals surface area contributed by atoms with Crippen LogP contribution in [0.1, 0.15) is 64.2 Å². The van der Waals surface area contributed by atoms with Crippen LogP contribution in [0.3, 0.4) is 0 Å². The van der Waals surface area contributed by atoms with Gasteiger partial charge in [0.25, 0.3) is 11.8 Å². The number of aromatic nitrogens is 2. The minimum Gasteiger partial charge on any atom is -0.495 e. The van der Waals surface area contributed by atoms with Gasteiger partial charge in [-0.15, -0.1) is 0 Å². The number of nitrogens with one attached hydrogen (secondary N) is 2. The topological polar surface area (TPSA) is 146 Å². The predicted octanol–water partition coefficient (Wildman–Crippen LogP) is 5.01. The summed E-state index contributed by atoms with van der Waals surface area (Å²) >= 11 is 0. The molecule has 0 radical (unpaired) electrons. The summed E-state index contributed by atoms with van der Waals surface area (Å²) in [5.74, 6) is 1.37. The maximum absolute atomic E-state index is 13.7. The molecule has 0 bridgehead atoms. The third-order valence-electron chi connectivity index (χ3n) is 9.05. The van der Waals surface area contributed by atoms with Gasteiger partial charge < -0.3 is 40.2 Å². The Bertz CT molecular complexity index is 1800. The van der Waals surface area contributed by atoms with Gasteiger partial charge in [0.05, 0.1) is 36.2 Å². The van der Waals surface area contributed by atoms with Gasteiger partial charge in [-0.2, -0.15) is 0 Å². The van der Waals surface area contributed by atoms with E-state index < -0.39 is 0 Å². The molecule has 1 aliphatic heterocycles. The third kappa shape index (κ3) is 8.99. The number of likely N-dealkylation sites (N-methyl/N-ethyl adjacent to an activating group) is 1. The number of anilines is 2. The van der Waals surface area contributed by atoms with Gasteiger partial charge in [0, 0.05) is 51.6 Å². The van der Waals surface area contributed by atoms with Crippen molar-refractivity contribution in [3.63, 3.8) is 0 Å². The summed E-state index contributed by atoms with van der Waals surface area (Å²) < 4.78 is 11.8. The highest BCUT2D eigenvalue weighted by atomic mass is 16.5. The fraction of sp³-hybridized carbons (Fsp3) is 0.421. The number of piperazine rings is 1. The van der Waals surface area contributed by atoms with Crippen molar-refractivity contribution in [2.24, 2.45) is 5.73 Å². The number of amides is 3. The maximum Gasteiger partial charge on any atom is 0.258 e. The number of unbranched alkanes of at least 4 members (excludes halogenated alkanes) is 2. The van der Waals surface area contributed by atoms with E-state index in [0.717, 1.165) is 68.8 Å². The number of rotatable bonds is 15. The lowest BCUT2D eigenvalue weighted by Gasteiger charge is -2.32. The molecular formula is C38H49N7O5. The minimum absolute atomic E-state index is 0.228. The minimum atomic E-state index is -0.343. The fourth-order valence-corrected chi connectivity index (χ4v) is 6.04. The first-order chi connectivity index (χ1) is 24.2. The molecule has 266 valence electrons. The van der Waals surface area contributed by atoms with Gasteiger partial charge in [0.15, 0.2) is 0 Å². The summed E-state index contributed by atoms with van der Waals surface area (Å²) in [7, 11) is 5.28. The van der Waals surface area contributed by atoms with E-state index >= 15 is 0 Å². The smallest absolute Gasteiger partial charge is 0.258 e.